The van der Waals surface area contributed by atoms with E-state index in [4.69, 9.17) is 5.26 Å². The second-order valence-electron chi connectivity index (χ2n) is 3.04. The summed E-state index contributed by atoms with van der Waals surface area (Å²) in [6.07, 6.45) is 1.95. The van der Waals surface area contributed by atoms with Crippen LogP contribution in [0.1, 0.15) is 22.9 Å². The van der Waals surface area contributed by atoms with Gasteiger partial charge >= 0.3 is 0 Å². The molecule has 2 nitrogen and oxygen atoms in total. The van der Waals surface area contributed by atoms with Crippen LogP contribution >= 0.6 is 27.7 Å². The second-order valence-corrected chi connectivity index (χ2v) is 4.83. The van der Waals surface area contributed by atoms with Crippen molar-refractivity contribution in [1.29, 1.82) is 5.26 Å². The molecule has 0 bridgehead atoms. The van der Waals surface area contributed by atoms with Gasteiger partial charge in [0.25, 0.3) is 0 Å². The zero-order valence-electron chi connectivity index (χ0n) is 8.45. The van der Waals surface area contributed by atoms with Crippen LogP contribution in [0.3, 0.4) is 0 Å². The molecular weight excluding hydrogens is 274 g/mol. The first-order valence-electron chi connectivity index (χ1n) is 4.32. The van der Waals surface area contributed by atoms with E-state index in [-0.39, 0.29) is 10.6 Å². The zero-order valence-corrected chi connectivity index (χ0v) is 10.9. The van der Waals surface area contributed by atoms with Crippen LogP contribution in [0.5, 0.6) is 0 Å². The molecule has 1 aromatic carbocycles. The quantitative estimate of drug-likeness (QED) is 0.631. The van der Waals surface area contributed by atoms with Crippen molar-refractivity contribution in [3.63, 3.8) is 0 Å². The molecule has 0 fully saturated rings. The number of nitriles is 1. The molecule has 0 aliphatic rings. The Bertz CT molecular complexity index is 425. The van der Waals surface area contributed by atoms with Crippen molar-refractivity contribution in [2.45, 2.75) is 16.6 Å². The van der Waals surface area contributed by atoms with Gasteiger partial charge in [0, 0.05) is 4.90 Å². The van der Waals surface area contributed by atoms with Gasteiger partial charge in [0.15, 0.2) is 0 Å². The fraction of sp³-hybridized carbons (Fsp3) is 0.273. The maximum atomic E-state index is 11.2. The van der Waals surface area contributed by atoms with E-state index in [2.05, 4.69) is 22.0 Å². The average Bonchev–Trinajstić information content (AvgIpc) is 2.27. The van der Waals surface area contributed by atoms with Crippen molar-refractivity contribution in [3.8, 4) is 6.07 Å². The van der Waals surface area contributed by atoms with Gasteiger partial charge in [0.05, 0.1) is 16.5 Å². The van der Waals surface area contributed by atoms with Gasteiger partial charge < -0.3 is 0 Å². The molecule has 1 rings (SSSR count). The topological polar surface area (TPSA) is 40.9 Å². The highest BCUT2D eigenvalue weighted by Gasteiger charge is 2.16. The number of halogens is 1. The maximum absolute atomic E-state index is 11.2. The van der Waals surface area contributed by atoms with E-state index in [9.17, 15) is 4.79 Å². The predicted octanol–water partition coefficient (Wildman–Crippen LogP) is 3.31. The monoisotopic (exact) mass is 283 g/mol. The van der Waals surface area contributed by atoms with Crippen LogP contribution in [0.2, 0.25) is 0 Å². The molecule has 0 aliphatic carbocycles. The average molecular weight is 284 g/mol. The van der Waals surface area contributed by atoms with Crippen molar-refractivity contribution in [3.05, 3.63) is 29.3 Å². The number of carbonyl (C=O) groups is 1. The first-order valence-corrected chi connectivity index (χ1v) is 6.46. The lowest BCUT2D eigenvalue weighted by atomic mass is 10.0. The Morgan fingerprint density at radius 3 is 2.73 bits per heavy atom. The highest BCUT2D eigenvalue weighted by Crippen LogP contribution is 2.29. The molecule has 0 saturated carbocycles. The molecule has 0 spiro atoms. The largest absolute Gasteiger partial charge is 0.298 e. The van der Waals surface area contributed by atoms with E-state index in [1.165, 1.54) is 6.92 Å². The van der Waals surface area contributed by atoms with Gasteiger partial charge in [-0.3, -0.25) is 4.79 Å². The summed E-state index contributed by atoms with van der Waals surface area (Å²) >= 11 is 4.86. The molecule has 1 atom stereocenters. The number of hydrogen-bond donors (Lipinski definition) is 0. The summed E-state index contributed by atoms with van der Waals surface area (Å²) in [5.41, 5.74) is 1.29. The Balaban J connectivity index is 3.20. The van der Waals surface area contributed by atoms with Gasteiger partial charge in [0.2, 0.25) is 0 Å². The third kappa shape index (κ3) is 2.83. The minimum Gasteiger partial charge on any atom is -0.298 e. The molecule has 4 heteroatoms. The highest BCUT2D eigenvalue weighted by molar-refractivity contribution is 9.09. The van der Waals surface area contributed by atoms with Crippen molar-refractivity contribution in [2.24, 2.45) is 0 Å². The van der Waals surface area contributed by atoms with Gasteiger partial charge in [-0.15, -0.1) is 11.8 Å². The molecule has 1 unspecified atom stereocenters. The third-order valence-corrected chi connectivity index (χ3v) is 3.87. The number of hydrogen-bond acceptors (Lipinski definition) is 3. The number of thioether (sulfide) groups is 1. The Kier molecular flexibility index (Phi) is 4.37. The van der Waals surface area contributed by atoms with Crippen LogP contribution in [0.25, 0.3) is 0 Å². The smallest absolute Gasteiger partial charge is 0.147 e. The summed E-state index contributed by atoms with van der Waals surface area (Å²) in [5, 5.41) is 8.98. The number of nitrogens with zero attached hydrogens (tertiary/aromatic N) is 1. The fourth-order valence-corrected chi connectivity index (χ4v) is 2.04. The van der Waals surface area contributed by atoms with Crippen LogP contribution in [0, 0.1) is 11.3 Å². The molecule has 0 N–H and O–H groups in total. The molecule has 0 amide bonds. The lowest BCUT2D eigenvalue weighted by molar-refractivity contribution is -0.116. The SMILES string of the molecule is CSc1ccc(C(Br)C(C)=O)c(C#N)c1. The summed E-state index contributed by atoms with van der Waals surface area (Å²) < 4.78 is 0. The molecule has 0 aliphatic heterocycles. The van der Waals surface area contributed by atoms with Crippen molar-refractivity contribution >= 4 is 33.5 Å². The van der Waals surface area contributed by atoms with Gasteiger partial charge in [-0.05, 0) is 30.9 Å². The maximum Gasteiger partial charge on any atom is 0.147 e. The van der Waals surface area contributed by atoms with Crippen LogP contribution in [0.15, 0.2) is 23.1 Å². The lowest BCUT2D eigenvalue weighted by Crippen LogP contribution is -2.03. The fourth-order valence-electron chi connectivity index (χ4n) is 1.20. The number of Topliss-reactive ketones (excluding diaryl/α,β-unsaturated/α-hetero) is 1. The van der Waals surface area contributed by atoms with Crippen molar-refractivity contribution in [1.82, 2.24) is 0 Å². The van der Waals surface area contributed by atoms with E-state index in [0.717, 1.165) is 10.5 Å². The highest BCUT2D eigenvalue weighted by atomic mass is 79.9. The predicted molar refractivity (Wildman–Crippen MR) is 65.3 cm³/mol. The minimum absolute atomic E-state index is 0.00315. The molecule has 0 aromatic heterocycles. The molecular formula is C11H10BrNOS. The minimum atomic E-state index is -0.386. The molecule has 78 valence electrons. The first kappa shape index (κ1) is 12.3. The number of carbonyl (C=O) groups excluding carboxylic acids is 1. The zero-order chi connectivity index (χ0) is 11.4. The Labute approximate surface area is 102 Å². The van der Waals surface area contributed by atoms with Crippen molar-refractivity contribution < 1.29 is 4.79 Å². The number of benzene rings is 1. The van der Waals surface area contributed by atoms with E-state index < -0.39 is 0 Å². The van der Waals surface area contributed by atoms with Gasteiger partial charge in [-0.2, -0.15) is 5.26 Å². The van der Waals surface area contributed by atoms with Crippen LogP contribution in [0.4, 0.5) is 0 Å². The summed E-state index contributed by atoms with van der Waals surface area (Å²) in [6.45, 7) is 1.50. The van der Waals surface area contributed by atoms with Crippen molar-refractivity contribution in [2.75, 3.05) is 6.26 Å². The van der Waals surface area contributed by atoms with Crippen LogP contribution in [-0.2, 0) is 4.79 Å². The lowest BCUT2D eigenvalue weighted by Gasteiger charge is -2.09. The van der Waals surface area contributed by atoms with E-state index in [0.29, 0.717) is 5.56 Å². The molecule has 0 saturated heterocycles. The Morgan fingerprint density at radius 1 is 1.60 bits per heavy atom. The van der Waals surface area contributed by atoms with Gasteiger partial charge in [0.1, 0.15) is 5.78 Å². The first-order chi connectivity index (χ1) is 7.10. The van der Waals surface area contributed by atoms with Crippen LogP contribution in [-0.4, -0.2) is 12.0 Å². The van der Waals surface area contributed by atoms with Gasteiger partial charge in [-0.1, -0.05) is 22.0 Å². The number of ketones is 1. The normalized spacial score (nSPS) is 11.9. The summed E-state index contributed by atoms with van der Waals surface area (Å²) in [5.74, 6) is 0.00315. The Hall–Kier alpha value is -0.790. The summed E-state index contributed by atoms with van der Waals surface area (Å²) in [4.78, 5) is 11.8. The van der Waals surface area contributed by atoms with E-state index in [1.807, 2.05) is 18.4 Å². The third-order valence-electron chi connectivity index (χ3n) is 2.01. The van der Waals surface area contributed by atoms with Crippen LogP contribution < -0.4 is 0 Å². The standard InChI is InChI=1S/C11H10BrNOS/c1-7(14)11(12)10-4-3-9(15-2)5-8(10)6-13/h3-5,11H,1-2H3. The number of rotatable bonds is 3. The molecule has 15 heavy (non-hydrogen) atoms. The second kappa shape index (κ2) is 5.34. The van der Waals surface area contributed by atoms with E-state index in [1.54, 1.807) is 17.8 Å². The summed E-state index contributed by atoms with van der Waals surface area (Å²) in [6, 6.07) is 7.65. The molecule has 0 radical (unpaired) electrons. The van der Waals surface area contributed by atoms with E-state index >= 15 is 0 Å². The van der Waals surface area contributed by atoms with Gasteiger partial charge in [-0.25, -0.2) is 0 Å². The summed E-state index contributed by atoms with van der Waals surface area (Å²) in [7, 11) is 0. The number of alkyl halides is 1. The Morgan fingerprint density at radius 2 is 2.27 bits per heavy atom. The molecule has 1 aromatic rings. The molecule has 0 heterocycles.